The number of para-hydroxylation sites is 2. The number of fused-ring (bicyclic) bond motifs is 10. The number of benzene rings is 16. The molecule has 0 atom stereocenters. The number of anilines is 6. The van der Waals surface area contributed by atoms with Gasteiger partial charge in [-0.3, -0.25) is 0 Å². The van der Waals surface area contributed by atoms with Crippen LogP contribution in [0.3, 0.4) is 0 Å². The summed E-state index contributed by atoms with van der Waals surface area (Å²) in [5.41, 5.74) is 18.1. The molecule has 3 heteroatoms. The van der Waals surface area contributed by atoms with Crippen LogP contribution in [-0.4, -0.2) is 0 Å². The number of hydrogen-bond acceptors (Lipinski definition) is 3. The molecular weight excluding hydrogens is 1090 g/mol. The first-order chi connectivity index (χ1) is 44.1. The van der Waals surface area contributed by atoms with Gasteiger partial charge in [0.1, 0.15) is 0 Å². The molecule has 1 heterocycles. The third kappa shape index (κ3) is 9.27. The highest BCUT2D eigenvalue weighted by atomic mass is 32.1. The standard InChI is InChI=1S/C86H56N2S/c1-2-20-65-54-67(40-36-57(65)16-1)66-22-13-23-71(55-66)88(72-51-53-76-68(56-72)41-39-61-18-4-7-25-74(61)76)83-32-12-10-28-80(83)79-27-9-11-31-82(79)87(69-47-42-59(43-48-69)58-34-37-63(38-35-58)75-29-14-21-60-17-3-6-24-73(60)75)70-49-44-64(45-50-70)77-30-15-33-84-85(77)81-52-46-62-19-5-8-26-78(62)86(81)89-84/h1-56H. The van der Waals surface area contributed by atoms with E-state index in [1.54, 1.807) is 0 Å². The van der Waals surface area contributed by atoms with Gasteiger partial charge in [-0.05, 0) is 171 Å². The Kier molecular flexibility index (Phi) is 12.8. The maximum atomic E-state index is 2.46. The Hall–Kier alpha value is -11.4. The van der Waals surface area contributed by atoms with E-state index in [1.165, 1.54) is 107 Å². The summed E-state index contributed by atoms with van der Waals surface area (Å²) in [4.78, 5) is 4.91. The van der Waals surface area contributed by atoms with Gasteiger partial charge < -0.3 is 9.80 Å². The first-order valence-electron chi connectivity index (χ1n) is 30.5. The van der Waals surface area contributed by atoms with Gasteiger partial charge in [0.05, 0.1) is 11.4 Å². The van der Waals surface area contributed by atoms with E-state index in [9.17, 15) is 0 Å². The van der Waals surface area contributed by atoms with Gasteiger partial charge in [-0.1, -0.05) is 267 Å². The zero-order valence-electron chi connectivity index (χ0n) is 48.6. The second kappa shape index (κ2) is 21.9. The summed E-state index contributed by atoms with van der Waals surface area (Å²) < 4.78 is 2.63. The molecule has 0 amide bonds. The van der Waals surface area contributed by atoms with E-state index in [1.807, 2.05) is 11.3 Å². The Morgan fingerprint density at radius 2 is 0.629 bits per heavy atom. The fourth-order valence-corrected chi connectivity index (χ4v) is 15.0. The number of rotatable bonds is 11. The van der Waals surface area contributed by atoms with Crippen LogP contribution < -0.4 is 9.80 Å². The summed E-state index contributed by atoms with van der Waals surface area (Å²) >= 11 is 1.89. The Bertz CT molecular complexity index is 5560. The highest BCUT2D eigenvalue weighted by Crippen LogP contribution is 2.49. The van der Waals surface area contributed by atoms with E-state index in [-0.39, 0.29) is 0 Å². The zero-order chi connectivity index (χ0) is 58.8. The summed E-state index contributed by atoms with van der Waals surface area (Å²) in [6.07, 6.45) is 0. The van der Waals surface area contributed by atoms with Gasteiger partial charge in [0.15, 0.2) is 0 Å². The van der Waals surface area contributed by atoms with Crippen LogP contribution in [0.1, 0.15) is 0 Å². The van der Waals surface area contributed by atoms with Crippen LogP contribution >= 0.6 is 11.3 Å². The molecule has 17 aromatic rings. The highest BCUT2D eigenvalue weighted by molar-refractivity contribution is 7.26. The molecule has 16 aromatic carbocycles. The van der Waals surface area contributed by atoms with E-state index < -0.39 is 0 Å². The van der Waals surface area contributed by atoms with Crippen LogP contribution in [0.25, 0.3) is 130 Å². The number of nitrogens with zero attached hydrogens (tertiary/aromatic N) is 2. The molecule has 0 fully saturated rings. The van der Waals surface area contributed by atoms with Crippen LogP contribution in [-0.2, 0) is 0 Å². The molecule has 0 aliphatic heterocycles. The van der Waals surface area contributed by atoms with Gasteiger partial charge in [-0.15, -0.1) is 11.3 Å². The monoisotopic (exact) mass is 1150 g/mol. The average Bonchev–Trinajstić information content (AvgIpc) is 2.24. The molecular formula is C86H56N2S. The summed E-state index contributed by atoms with van der Waals surface area (Å²) in [6, 6.07) is 125. The third-order valence-corrected chi connectivity index (χ3v) is 19.2. The van der Waals surface area contributed by atoms with Gasteiger partial charge >= 0.3 is 0 Å². The Balaban J connectivity index is 0.814. The van der Waals surface area contributed by atoms with Gasteiger partial charge in [-0.25, -0.2) is 0 Å². The van der Waals surface area contributed by atoms with Crippen molar-refractivity contribution in [3.8, 4) is 55.6 Å². The predicted molar refractivity (Wildman–Crippen MR) is 383 cm³/mol. The Morgan fingerprint density at radius 1 is 0.202 bits per heavy atom. The van der Waals surface area contributed by atoms with Crippen LogP contribution in [0.2, 0.25) is 0 Å². The fourth-order valence-electron chi connectivity index (χ4n) is 13.7. The van der Waals surface area contributed by atoms with Gasteiger partial charge in [-0.2, -0.15) is 0 Å². The maximum Gasteiger partial charge on any atom is 0.0540 e. The Morgan fingerprint density at radius 3 is 1.37 bits per heavy atom. The summed E-state index contributed by atoms with van der Waals surface area (Å²) in [7, 11) is 0. The highest BCUT2D eigenvalue weighted by Gasteiger charge is 2.24. The summed E-state index contributed by atoms with van der Waals surface area (Å²) in [6.45, 7) is 0. The lowest BCUT2D eigenvalue weighted by Crippen LogP contribution is -2.13. The van der Waals surface area contributed by atoms with Crippen LogP contribution in [0, 0.1) is 0 Å². The van der Waals surface area contributed by atoms with Crippen LogP contribution in [0.15, 0.2) is 340 Å². The molecule has 17 rings (SSSR count). The summed E-state index contributed by atoms with van der Waals surface area (Å²) in [5.74, 6) is 0. The van der Waals surface area contributed by atoms with E-state index >= 15 is 0 Å². The molecule has 89 heavy (non-hydrogen) atoms. The zero-order valence-corrected chi connectivity index (χ0v) is 49.5. The minimum atomic E-state index is 1.05. The SMILES string of the molecule is c1cc(-c2ccc3ccccc3c2)cc(N(c2ccc3c(ccc4ccccc43)c2)c2ccccc2-c2ccccc2N(c2ccc(-c3ccc(-c4cccc5ccccc45)cc3)cc2)c2ccc(-c3cccc4sc5c6ccccc6ccc5c34)cc2)c1. The summed E-state index contributed by atoms with van der Waals surface area (Å²) in [5, 5.41) is 15.0. The first-order valence-corrected chi connectivity index (χ1v) is 31.4. The van der Waals surface area contributed by atoms with E-state index in [2.05, 4.69) is 350 Å². The van der Waals surface area contributed by atoms with Crippen molar-refractivity contribution in [3.05, 3.63) is 340 Å². The number of hydrogen-bond donors (Lipinski definition) is 0. The van der Waals surface area contributed by atoms with E-state index in [0.717, 1.165) is 56.4 Å². The molecule has 0 bridgehead atoms. The van der Waals surface area contributed by atoms with Crippen molar-refractivity contribution < 1.29 is 0 Å². The van der Waals surface area contributed by atoms with Crippen molar-refractivity contribution in [2.75, 3.05) is 9.80 Å². The average molecular weight is 1150 g/mol. The van der Waals surface area contributed by atoms with Crippen molar-refractivity contribution >= 4 is 119 Å². The van der Waals surface area contributed by atoms with Crippen molar-refractivity contribution in [1.29, 1.82) is 0 Å². The minimum Gasteiger partial charge on any atom is -0.310 e. The quantitative estimate of drug-likeness (QED) is 0.119. The molecule has 0 unspecified atom stereocenters. The second-order valence-corrected chi connectivity index (χ2v) is 24.2. The number of thiophene rings is 1. The van der Waals surface area contributed by atoms with Crippen molar-refractivity contribution in [3.63, 3.8) is 0 Å². The lowest BCUT2D eigenvalue weighted by atomic mass is 9.95. The first kappa shape index (κ1) is 52.0. The van der Waals surface area contributed by atoms with Crippen molar-refractivity contribution in [2.45, 2.75) is 0 Å². The lowest BCUT2D eigenvalue weighted by molar-refractivity contribution is 1.27. The van der Waals surface area contributed by atoms with Crippen molar-refractivity contribution in [2.24, 2.45) is 0 Å². The lowest BCUT2D eigenvalue weighted by Gasteiger charge is -2.31. The van der Waals surface area contributed by atoms with Gasteiger partial charge in [0.2, 0.25) is 0 Å². The van der Waals surface area contributed by atoms with Gasteiger partial charge in [0.25, 0.3) is 0 Å². The Labute approximate surface area is 521 Å². The molecule has 0 radical (unpaired) electrons. The minimum absolute atomic E-state index is 1.05. The second-order valence-electron chi connectivity index (χ2n) is 23.2. The molecule has 0 N–H and O–H groups in total. The van der Waals surface area contributed by atoms with E-state index in [4.69, 9.17) is 0 Å². The normalized spacial score (nSPS) is 11.6. The van der Waals surface area contributed by atoms with Crippen molar-refractivity contribution in [1.82, 2.24) is 0 Å². The predicted octanol–water partition coefficient (Wildman–Crippen LogP) is 25.1. The molecule has 416 valence electrons. The maximum absolute atomic E-state index is 2.46. The smallest absolute Gasteiger partial charge is 0.0540 e. The molecule has 2 nitrogen and oxygen atoms in total. The fraction of sp³-hybridized carbons (Fsp3) is 0. The van der Waals surface area contributed by atoms with Gasteiger partial charge in [0, 0.05) is 54.0 Å². The van der Waals surface area contributed by atoms with Crippen LogP contribution in [0.4, 0.5) is 34.1 Å². The molecule has 1 aromatic heterocycles. The molecule has 0 saturated heterocycles. The largest absolute Gasteiger partial charge is 0.310 e. The molecule has 0 spiro atoms. The molecule has 0 saturated carbocycles. The van der Waals surface area contributed by atoms with E-state index in [0.29, 0.717) is 0 Å². The topological polar surface area (TPSA) is 6.48 Å². The molecule has 0 aliphatic carbocycles. The molecule has 0 aliphatic rings. The third-order valence-electron chi connectivity index (χ3n) is 18.0. The van der Waals surface area contributed by atoms with Crippen LogP contribution in [0.5, 0.6) is 0 Å².